The molecule has 1 N–H and O–H groups in total. The number of allylic oxidation sites excluding steroid dienone is 2. The third kappa shape index (κ3) is 23.9. The fourth-order valence-electron chi connectivity index (χ4n) is 4.36. The Morgan fingerprint density at radius 2 is 1.32 bits per heavy atom. The number of hydrogen-bond acceptors (Lipinski definition) is 2. The lowest BCUT2D eigenvalue weighted by molar-refractivity contribution is 0.295. The molecule has 2 nitrogen and oxygen atoms in total. The molecule has 0 amide bonds. The molecular formula is C32H60N2. The molecule has 0 saturated carbocycles. The van der Waals surface area contributed by atoms with Crippen molar-refractivity contribution in [2.45, 2.75) is 150 Å². The van der Waals surface area contributed by atoms with Crippen LogP contribution in [0.2, 0.25) is 0 Å². The van der Waals surface area contributed by atoms with Gasteiger partial charge in [0.25, 0.3) is 0 Å². The second-order valence-electron chi connectivity index (χ2n) is 11.0. The van der Waals surface area contributed by atoms with Crippen LogP contribution in [0.4, 0.5) is 0 Å². The summed E-state index contributed by atoms with van der Waals surface area (Å²) in [5.74, 6) is 6.67. The predicted octanol–water partition coefficient (Wildman–Crippen LogP) is 9.97. The van der Waals surface area contributed by atoms with Crippen LogP contribution in [0.25, 0.3) is 0 Å². The minimum absolute atomic E-state index is 0.163. The third-order valence-electron chi connectivity index (χ3n) is 6.38. The lowest BCUT2D eigenvalue weighted by Gasteiger charge is -2.18. The molecule has 0 bridgehead atoms. The average molecular weight is 473 g/mol. The van der Waals surface area contributed by atoms with Crippen molar-refractivity contribution in [1.82, 2.24) is 10.4 Å². The molecular weight excluding hydrogens is 412 g/mol. The van der Waals surface area contributed by atoms with Gasteiger partial charge in [0.2, 0.25) is 0 Å². The molecule has 0 rings (SSSR count). The normalized spacial score (nSPS) is 11.9. The van der Waals surface area contributed by atoms with Gasteiger partial charge in [-0.15, -0.1) is 5.92 Å². The number of rotatable bonds is 23. The number of hydrazine groups is 1. The van der Waals surface area contributed by atoms with Gasteiger partial charge < -0.3 is 5.01 Å². The average Bonchev–Trinajstić information content (AvgIpc) is 2.80. The van der Waals surface area contributed by atoms with E-state index in [4.69, 9.17) is 0 Å². The molecule has 0 unspecified atom stereocenters. The molecule has 0 radical (unpaired) electrons. The van der Waals surface area contributed by atoms with Crippen molar-refractivity contribution in [3.63, 3.8) is 0 Å². The smallest absolute Gasteiger partial charge is 0.0340 e. The molecule has 34 heavy (non-hydrogen) atoms. The molecule has 0 aliphatic heterocycles. The zero-order chi connectivity index (χ0) is 25.3. The summed E-state index contributed by atoms with van der Waals surface area (Å²) in [6, 6.07) is 0. The molecule has 0 aromatic carbocycles. The fraction of sp³-hybridized carbons (Fsp3) is 0.812. The lowest BCUT2D eigenvalue weighted by Crippen LogP contribution is -2.30. The highest BCUT2D eigenvalue weighted by Gasteiger charge is 2.03. The van der Waals surface area contributed by atoms with Crippen LogP contribution in [0, 0.1) is 17.3 Å². The van der Waals surface area contributed by atoms with Gasteiger partial charge in [0, 0.05) is 31.6 Å². The highest BCUT2D eigenvalue weighted by Crippen LogP contribution is 2.17. The molecule has 0 aliphatic carbocycles. The Labute approximate surface area is 215 Å². The zero-order valence-corrected chi connectivity index (χ0v) is 24.0. The summed E-state index contributed by atoms with van der Waals surface area (Å²) in [6.07, 6.45) is 30.0. The number of nitrogens with one attached hydrogen (secondary N) is 1. The molecule has 198 valence electrons. The Morgan fingerprint density at radius 1 is 0.794 bits per heavy atom. The molecule has 0 heterocycles. The van der Waals surface area contributed by atoms with Crippen molar-refractivity contribution in [2.75, 3.05) is 13.6 Å². The molecule has 0 spiro atoms. The molecule has 2 heteroatoms. The summed E-state index contributed by atoms with van der Waals surface area (Å²) in [4.78, 5) is 0. The van der Waals surface area contributed by atoms with E-state index in [1.807, 2.05) is 13.2 Å². The lowest BCUT2D eigenvalue weighted by atomic mass is 9.97. The largest absolute Gasteiger partial charge is 0.317 e. The van der Waals surface area contributed by atoms with E-state index in [0.717, 1.165) is 13.0 Å². The van der Waals surface area contributed by atoms with Crippen LogP contribution in [-0.2, 0) is 0 Å². The van der Waals surface area contributed by atoms with E-state index in [-0.39, 0.29) is 5.41 Å². The van der Waals surface area contributed by atoms with E-state index in [1.54, 1.807) is 5.57 Å². The standard InChI is InChI=1S/C32H60N2/c1-7-26-31(28-25-30-34(8-2)33-6)27-23-21-19-17-15-13-11-9-10-12-14-16-18-20-22-24-29-32(3,4)5/h8,27,33H,2,7,9-23,25-26,28,30H2,1,3-6H3/b31-27+. The molecule has 0 aromatic rings. The first-order valence-corrected chi connectivity index (χ1v) is 14.7. The summed E-state index contributed by atoms with van der Waals surface area (Å²) in [7, 11) is 1.96. The highest BCUT2D eigenvalue weighted by atomic mass is 15.5. The van der Waals surface area contributed by atoms with Crippen molar-refractivity contribution in [3.8, 4) is 11.8 Å². The van der Waals surface area contributed by atoms with Gasteiger partial charge in [-0.1, -0.05) is 108 Å². The van der Waals surface area contributed by atoms with Gasteiger partial charge >= 0.3 is 0 Å². The Kier molecular flexibility index (Phi) is 22.7. The first-order valence-electron chi connectivity index (χ1n) is 14.7. The fourth-order valence-corrected chi connectivity index (χ4v) is 4.36. The van der Waals surface area contributed by atoms with Crippen LogP contribution in [0.15, 0.2) is 24.4 Å². The molecule has 0 atom stereocenters. The summed E-state index contributed by atoms with van der Waals surface area (Å²) in [5.41, 5.74) is 4.98. The van der Waals surface area contributed by atoms with Gasteiger partial charge in [0.1, 0.15) is 0 Å². The van der Waals surface area contributed by atoms with Gasteiger partial charge in [-0.2, -0.15) is 0 Å². The SMILES string of the molecule is C=CN(CCC/C(=C/CCCCCCCCCCCCCCCC#CC(C)(C)C)CCC)NC. The van der Waals surface area contributed by atoms with Gasteiger partial charge in [0.05, 0.1) is 0 Å². The van der Waals surface area contributed by atoms with Gasteiger partial charge in [-0.05, 0) is 59.3 Å². The summed E-state index contributed by atoms with van der Waals surface area (Å²) >= 11 is 0. The van der Waals surface area contributed by atoms with Crippen molar-refractivity contribution >= 4 is 0 Å². The van der Waals surface area contributed by atoms with Crippen molar-refractivity contribution in [1.29, 1.82) is 0 Å². The second kappa shape index (κ2) is 23.5. The van der Waals surface area contributed by atoms with E-state index in [9.17, 15) is 0 Å². The highest BCUT2D eigenvalue weighted by molar-refractivity contribution is 5.06. The van der Waals surface area contributed by atoms with Gasteiger partial charge in [-0.25, -0.2) is 5.43 Å². The maximum absolute atomic E-state index is 3.84. The Balaban J connectivity index is 3.51. The van der Waals surface area contributed by atoms with E-state index in [1.165, 1.54) is 116 Å². The third-order valence-corrected chi connectivity index (χ3v) is 6.38. The maximum Gasteiger partial charge on any atom is 0.0340 e. The number of unbranched alkanes of at least 4 members (excludes halogenated alkanes) is 14. The van der Waals surface area contributed by atoms with E-state index in [2.05, 4.69) is 62.6 Å². The van der Waals surface area contributed by atoms with Gasteiger partial charge in [-0.3, -0.25) is 0 Å². The minimum atomic E-state index is 0.163. The maximum atomic E-state index is 3.84. The summed E-state index contributed by atoms with van der Waals surface area (Å²) in [5, 5.41) is 2.07. The van der Waals surface area contributed by atoms with Crippen LogP contribution < -0.4 is 5.43 Å². The first-order chi connectivity index (χ1) is 16.4. The molecule has 0 saturated heterocycles. The number of hydrogen-bond donors (Lipinski definition) is 1. The Hall–Kier alpha value is -1.20. The van der Waals surface area contributed by atoms with Crippen LogP contribution in [0.1, 0.15) is 150 Å². The van der Waals surface area contributed by atoms with E-state index >= 15 is 0 Å². The minimum Gasteiger partial charge on any atom is -0.317 e. The van der Waals surface area contributed by atoms with Crippen LogP contribution in [-0.4, -0.2) is 18.6 Å². The zero-order valence-electron chi connectivity index (χ0n) is 24.0. The van der Waals surface area contributed by atoms with E-state index < -0.39 is 0 Å². The summed E-state index contributed by atoms with van der Waals surface area (Å²) < 4.78 is 0. The van der Waals surface area contributed by atoms with Crippen molar-refractivity contribution in [3.05, 3.63) is 24.4 Å². The quantitative estimate of drug-likeness (QED) is 0.0688. The van der Waals surface area contributed by atoms with E-state index in [0.29, 0.717) is 0 Å². The topological polar surface area (TPSA) is 15.3 Å². The van der Waals surface area contributed by atoms with Crippen LogP contribution in [0.5, 0.6) is 0 Å². The monoisotopic (exact) mass is 472 g/mol. The Bertz CT molecular complexity index is 544. The van der Waals surface area contributed by atoms with Crippen molar-refractivity contribution in [2.24, 2.45) is 5.41 Å². The van der Waals surface area contributed by atoms with Crippen LogP contribution in [0.3, 0.4) is 0 Å². The summed E-state index contributed by atoms with van der Waals surface area (Å²) in [6.45, 7) is 13.7. The van der Waals surface area contributed by atoms with Crippen molar-refractivity contribution < 1.29 is 0 Å². The van der Waals surface area contributed by atoms with Crippen LogP contribution >= 0.6 is 0 Å². The molecule has 0 aromatic heterocycles. The first kappa shape index (κ1) is 32.8. The predicted molar refractivity (Wildman–Crippen MR) is 155 cm³/mol. The molecule has 0 aliphatic rings. The second-order valence-corrected chi connectivity index (χ2v) is 11.0. The molecule has 0 fully saturated rings. The number of nitrogens with zero attached hydrogens (tertiary/aromatic N) is 1. The van der Waals surface area contributed by atoms with Gasteiger partial charge in [0.15, 0.2) is 0 Å². The Morgan fingerprint density at radius 3 is 1.79 bits per heavy atom.